The molecule has 3 N–H and O–H groups in total. The van der Waals surface area contributed by atoms with Gasteiger partial charge in [0, 0.05) is 29.5 Å². The number of nitrogens with one attached hydrogen (secondary N) is 1. The number of thiophene rings is 1. The highest BCUT2D eigenvalue weighted by molar-refractivity contribution is 14.0. The van der Waals surface area contributed by atoms with Gasteiger partial charge in [0.25, 0.3) is 0 Å². The molecule has 1 fully saturated rings. The molecule has 148 valence electrons. The highest BCUT2D eigenvalue weighted by Crippen LogP contribution is 2.22. The number of rotatable bonds is 7. The van der Waals surface area contributed by atoms with Gasteiger partial charge in [0.1, 0.15) is 0 Å². The number of aliphatic imine (C=N–C) groups is 1. The minimum absolute atomic E-state index is 0. The van der Waals surface area contributed by atoms with E-state index in [0.717, 1.165) is 57.0 Å². The van der Waals surface area contributed by atoms with E-state index >= 15 is 0 Å². The molecule has 0 bridgehead atoms. The fourth-order valence-corrected chi connectivity index (χ4v) is 4.15. The van der Waals surface area contributed by atoms with Crippen molar-refractivity contribution in [3.63, 3.8) is 0 Å². The summed E-state index contributed by atoms with van der Waals surface area (Å²) in [5, 5.41) is 6.18. The Morgan fingerprint density at radius 2 is 2.00 bits per heavy atom. The number of halogens is 2. The van der Waals surface area contributed by atoms with E-state index in [0.29, 0.717) is 11.9 Å². The van der Waals surface area contributed by atoms with Crippen molar-refractivity contribution in [2.75, 3.05) is 26.2 Å². The zero-order chi connectivity index (χ0) is 18.2. The number of likely N-dealkylation sites (tertiary alicyclic amines) is 1. The number of guanidine groups is 1. The predicted molar refractivity (Wildman–Crippen MR) is 127 cm³/mol. The number of hydrogen-bond acceptors (Lipinski definition) is 3. The zero-order valence-corrected chi connectivity index (χ0v) is 19.3. The minimum atomic E-state index is 0. The van der Waals surface area contributed by atoms with Crippen LogP contribution in [0.2, 0.25) is 5.02 Å². The van der Waals surface area contributed by atoms with Crippen LogP contribution < -0.4 is 11.1 Å². The molecule has 1 aromatic carbocycles. The van der Waals surface area contributed by atoms with E-state index in [1.165, 1.54) is 10.4 Å². The fraction of sp³-hybridized carbons (Fsp3) is 0.450. The molecular weight excluding hydrogens is 491 g/mol. The lowest BCUT2D eigenvalue weighted by atomic mass is 9.96. The molecule has 0 saturated carbocycles. The molecule has 4 nitrogen and oxygen atoms in total. The van der Waals surface area contributed by atoms with E-state index < -0.39 is 0 Å². The second-order valence-corrected chi connectivity index (χ2v) is 8.23. The predicted octanol–water partition coefficient (Wildman–Crippen LogP) is 4.38. The highest BCUT2D eigenvalue weighted by atomic mass is 127. The Morgan fingerprint density at radius 1 is 1.22 bits per heavy atom. The van der Waals surface area contributed by atoms with Gasteiger partial charge >= 0.3 is 0 Å². The molecule has 2 heterocycles. The van der Waals surface area contributed by atoms with Gasteiger partial charge in [-0.05, 0) is 61.3 Å². The van der Waals surface area contributed by atoms with Crippen molar-refractivity contribution in [1.29, 1.82) is 0 Å². The molecule has 1 aromatic heterocycles. The van der Waals surface area contributed by atoms with Gasteiger partial charge in [-0.3, -0.25) is 9.89 Å². The van der Waals surface area contributed by atoms with Crippen LogP contribution in [0.5, 0.6) is 0 Å². The molecule has 3 rings (SSSR count). The Labute approximate surface area is 188 Å². The molecule has 1 aliphatic heterocycles. The molecule has 2 aromatic rings. The normalized spacial score (nSPS) is 16.1. The summed E-state index contributed by atoms with van der Waals surface area (Å²) < 4.78 is 0. The Hall–Kier alpha value is -0.830. The SMILES string of the molecule is I.NC(=NCC1CCN(Cc2ccccc2Cl)CC1)NCCc1cccs1. The molecular formula is C20H28ClIN4S. The van der Waals surface area contributed by atoms with Crippen molar-refractivity contribution in [2.45, 2.75) is 25.8 Å². The second-order valence-electron chi connectivity index (χ2n) is 6.79. The quantitative estimate of drug-likeness (QED) is 0.325. The molecule has 0 atom stereocenters. The van der Waals surface area contributed by atoms with Crippen LogP contribution in [-0.2, 0) is 13.0 Å². The molecule has 0 spiro atoms. The van der Waals surface area contributed by atoms with Crippen LogP contribution in [0, 0.1) is 5.92 Å². The summed E-state index contributed by atoms with van der Waals surface area (Å²) in [7, 11) is 0. The van der Waals surface area contributed by atoms with Crippen molar-refractivity contribution < 1.29 is 0 Å². The lowest BCUT2D eigenvalue weighted by molar-refractivity contribution is 0.180. The Balaban J connectivity index is 0.00000261. The van der Waals surface area contributed by atoms with Crippen molar-refractivity contribution in [1.82, 2.24) is 10.2 Å². The molecule has 0 radical (unpaired) electrons. The first-order chi connectivity index (χ1) is 12.7. The number of nitrogens with two attached hydrogens (primary N) is 1. The van der Waals surface area contributed by atoms with E-state index in [1.54, 1.807) is 11.3 Å². The summed E-state index contributed by atoms with van der Waals surface area (Å²) in [6.07, 6.45) is 3.32. The average Bonchev–Trinajstić information content (AvgIpc) is 3.16. The summed E-state index contributed by atoms with van der Waals surface area (Å²) in [4.78, 5) is 8.38. The lowest BCUT2D eigenvalue weighted by Crippen LogP contribution is -2.36. The molecule has 1 aliphatic rings. The number of piperidine rings is 1. The van der Waals surface area contributed by atoms with Crippen molar-refractivity contribution in [2.24, 2.45) is 16.6 Å². The van der Waals surface area contributed by atoms with Gasteiger partial charge in [-0.1, -0.05) is 35.9 Å². The maximum atomic E-state index is 6.27. The average molecular weight is 519 g/mol. The summed E-state index contributed by atoms with van der Waals surface area (Å²) >= 11 is 8.04. The first-order valence-corrected chi connectivity index (χ1v) is 10.5. The first-order valence-electron chi connectivity index (χ1n) is 9.22. The van der Waals surface area contributed by atoms with E-state index in [2.05, 4.69) is 44.9 Å². The zero-order valence-electron chi connectivity index (χ0n) is 15.4. The first kappa shape index (κ1) is 22.5. The molecule has 1 saturated heterocycles. The van der Waals surface area contributed by atoms with E-state index in [-0.39, 0.29) is 24.0 Å². The van der Waals surface area contributed by atoms with E-state index in [4.69, 9.17) is 17.3 Å². The Kier molecular flexibility index (Phi) is 9.89. The third-order valence-corrected chi connectivity index (χ3v) is 6.14. The van der Waals surface area contributed by atoms with E-state index in [1.807, 2.05) is 12.1 Å². The molecule has 0 aliphatic carbocycles. The smallest absolute Gasteiger partial charge is 0.188 e. The summed E-state index contributed by atoms with van der Waals surface area (Å²) in [5.74, 6) is 1.19. The summed E-state index contributed by atoms with van der Waals surface area (Å²) in [6, 6.07) is 12.3. The number of hydrogen-bond donors (Lipinski definition) is 2. The highest BCUT2D eigenvalue weighted by Gasteiger charge is 2.19. The topological polar surface area (TPSA) is 53.6 Å². The number of nitrogens with zero attached hydrogens (tertiary/aromatic N) is 2. The molecule has 27 heavy (non-hydrogen) atoms. The monoisotopic (exact) mass is 518 g/mol. The van der Waals surface area contributed by atoms with E-state index in [9.17, 15) is 0 Å². The second kappa shape index (κ2) is 11.9. The van der Waals surface area contributed by atoms with Crippen LogP contribution in [0.15, 0.2) is 46.8 Å². The standard InChI is InChI=1S/C20H27ClN4S.HI/c21-19-6-2-1-4-17(19)15-25-11-8-16(9-12-25)14-24-20(22)23-10-7-18-5-3-13-26-18;/h1-6,13,16H,7-12,14-15H2,(H3,22,23,24);1H. The maximum absolute atomic E-state index is 6.27. The lowest BCUT2D eigenvalue weighted by Gasteiger charge is -2.31. The maximum Gasteiger partial charge on any atom is 0.188 e. The van der Waals surface area contributed by atoms with Gasteiger partial charge in [0.05, 0.1) is 0 Å². The van der Waals surface area contributed by atoms with Gasteiger partial charge in [-0.15, -0.1) is 35.3 Å². The van der Waals surface area contributed by atoms with Crippen LogP contribution in [-0.4, -0.2) is 37.0 Å². The van der Waals surface area contributed by atoms with Gasteiger partial charge < -0.3 is 11.1 Å². The fourth-order valence-electron chi connectivity index (χ4n) is 3.25. The van der Waals surface area contributed by atoms with Crippen LogP contribution >= 0.6 is 46.9 Å². The molecule has 0 amide bonds. The molecule has 7 heteroatoms. The third kappa shape index (κ3) is 7.60. The van der Waals surface area contributed by atoms with Crippen LogP contribution in [0.4, 0.5) is 0 Å². The number of benzene rings is 1. The summed E-state index contributed by atoms with van der Waals surface area (Å²) in [6.45, 7) is 4.78. The van der Waals surface area contributed by atoms with Crippen molar-refractivity contribution in [3.05, 3.63) is 57.2 Å². The van der Waals surface area contributed by atoms with Gasteiger partial charge in [0.2, 0.25) is 0 Å². The van der Waals surface area contributed by atoms with Crippen LogP contribution in [0.25, 0.3) is 0 Å². The van der Waals surface area contributed by atoms with Gasteiger partial charge in [0.15, 0.2) is 5.96 Å². The van der Waals surface area contributed by atoms with Crippen LogP contribution in [0.1, 0.15) is 23.3 Å². The van der Waals surface area contributed by atoms with Crippen molar-refractivity contribution in [3.8, 4) is 0 Å². The largest absolute Gasteiger partial charge is 0.370 e. The third-order valence-electron chi connectivity index (χ3n) is 4.84. The molecule has 0 unspecified atom stereocenters. The van der Waals surface area contributed by atoms with Crippen LogP contribution in [0.3, 0.4) is 0 Å². The minimum Gasteiger partial charge on any atom is -0.370 e. The Bertz CT molecular complexity index is 700. The van der Waals surface area contributed by atoms with Gasteiger partial charge in [-0.25, -0.2) is 0 Å². The summed E-state index contributed by atoms with van der Waals surface area (Å²) in [5.41, 5.74) is 7.21. The van der Waals surface area contributed by atoms with Crippen molar-refractivity contribution >= 4 is 52.9 Å². The van der Waals surface area contributed by atoms with Gasteiger partial charge in [-0.2, -0.15) is 0 Å². The Morgan fingerprint density at radius 3 is 2.70 bits per heavy atom.